The molecule has 2 aromatic rings. The molecule has 0 amide bonds. The van der Waals surface area contributed by atoms with Gasteiger partial charge in [-0.05, 0) is 64.1 Å². The van der Waals surface area contributed by atoms with Crippen LogP contribution >= 0.6 is 0 Å². The highest BCUT2D eigenvalue weighted by atomic mass is 16.4. The molecule has 1 heterocycles. The monoisotopic (exact) mass is 337 g/mol. The molecule has 0 N–H and O–H groups in total. The Hall–Kier alpha value is -2.29. The van der Waals surface area contributed by atoms with Crippen molar-refractivity contribution in [3.63, 3.8) is 0 Å². The number of carbonyl (C=O) groups is 1. The highest BCUT2D eigenvalue weighted by molar-refractivity contribution is 5.82. The van der Waals surface area contributed by atoms with Crippen LogP contribution in [0.1, 0.15) is 68.6 Å². The van der Waals surface area contributed by atoms with Gasteiger partial charge in [-0.1, -0.05) is 45.9 Å². The molecule has 1 aromatic carbocycles. The number of rotatable bonds is 4. The van der Waals surface area contributed by atoms with Gasteiger partial charge in [0.25, 0.3) is 0 Å². The van der Waals surface area contributed by atoms with Gasteiger partial charge in [0.05, 0.1) is 12.2 Å². The Bertz CT molecular complexity index is 822. The Labute approximate surface area is 149 Å². The molecule has 3 nitrogen and oxygen atoms in total. The number of carboxylic acid groups (broad SMARTS) is 1. The van der Waals surface area contributed by atoms with Crippen molar-refractivity contribution in [1.29, 1.82) is 0 Å². The number of furan rings is 1. The second-order valence-corrected chi connectivity index (χ2v) is 8.33. The minimum atomic E-state index is -1.22. The van der Waals surface area contributed by atoms with Crippen molar-refractivity contribution in [3.05, 3.63) is 64.6 Å². The van der Waals surface area contributed by atoms with Gasteiger partial charge in [-0.3, -0.25) is 0 Å². The number of benzene rings is 1. The van der Waals surface area contributed by atoms with E-state index < -0.39 is 5.97 Å². The van der Waals surface area contributed by atoms with Crippen molar-refractivity contribution in [2.24, 2.45) is 0 Å². The molecule has 0 fully saturated rings. The summed E-state index contributed by atoms with van der Waals surface area (Å²) < 4.78 is 5.40. The molecule has 3 rings (SSSR count). The van der Waals surface area contributed by atoms with E-state index in [9.17, 15) is 9.90 Å². The summed E-state index contributed by atoms with van der Waals surface area (Å²) in [5.41, 5.74) is 5.60. The van der Waals surface area contributed by atoms with Crippen LogP contribution < -0.4 is 5.11 Å². The highest BCUT2D eigenvalue weighted by Gasteiger charge is 2.36. The van der Waals surface area contributed by atoms with Crippen molar-refractivity contribution < 1.29 is 14.3 Å². The third-order valence-corrected chi connectivity index (χ3v) is 5.38. The smallest absolute Gasteiger partial charge is 0.126 e. The van der Waals surface area contributed by atoms with E-state index in [1.807, 2.05) is 6.07 Å². The minimum Gasteiger partial charge on any atom is -0.545 e. The van der Waals surface area contributed by atoms with Gasteiger partial charge in [-0.2, -0.15) is 0 Å². The maximum atomic E-state index is 10.5. The van der Waals surface area contributed by atoms with Gasteiger partial charge in [0.1, 0.15) is 5.76 Å². The Morgan fingerprint density at radius 2 is 1.76 bits per heavy atom. The summed E-state index contributed by atoms with van der Waals surface area (Å²) in [4.78, 5) is 10.5. The van der Waals surface area contributed by atoms with Gasteiger partial charge in [0, 0.05) is 6.42 Å². The summed E-state index contributed by atoms with van der Waals surface area (Å²) in [7, 11) is 0. The van der Waals surface area contributed by atoms with Gasteiger partial charge >= 0.3 is 0 Å². The Morgan fingerprint density at radius 1 is 1.08 bits per heavy atom. The van der Waals surface area contributed by atoms with E-state index >= 15 is 0 Å². The molecule has 1 aromatic heterocycles. The lowest BCUT2D eigenvalue weighted by atomic mass is 9.63. The normalized spacial score (nSPS) is 18.2. The standard InChI is InChI=1S/C22H26O3/c1-21(2)9-10-22(3,4)19-13-15(5-7-18(19)21)11-16-12-17(25-14-16)6-8-20(23)24/h5-8,12-14H,9-11H2,1-4H3,(H,23,24)/p-1/b8-6+. The second-order valence-electron chi connectivity index (χ2n) is 8.33. The van der Waals surface area contributed by atoms with Crippen LogP contribution in [0.15, 0.2) is 41.0 Å². The number of carbonyl (C=O) groups excluding carboxylic acids is 1. The topological polar surface area (TPSA) is 53.3 Å². The van der Waals surface area contributed by atoms with E-state index in [1.54, 1.807) is 6.26 Å². The van der Waals surface area contributed by atoms with Crippen LogP contribution in [0.3, 0.4) is 0 Å². The summed E-state index contributed by atoms with van der Waals surface area (Å²) in [5.74, 6) is -0.698. The Kier molecular flexibility index (Phi) is 4.36. The summed E-state index contributed by atoms with van der Waals surface area (Å²) >= 11 is 0. The number of hydrogen-bond acceptors (Lipinski definition) is 3. The third kappa shape index (κ3) is 3.71. The first kappa shape index (κ1) is 17.5. The van der Waals surface area contributed by atoms with E-state index in [0.717, 1.165) is 18.1 Å². The van der Waals surface area contributed by atoms with Gasteiger partial charge in [0.2, 0.25) is 0 Å². The zero-order valence-corrected chi connectivity index (χ0v) is 15.4. The predicted molar refractivity (Wildman–Crippen MR) is 97.3 cm³/mol. The van der Waals surface area contributed by atoms with Gasteiger partial charge < -0.3 is 14.3 Å². The van der Waals surface area contributed by atoms with Crippen molar-refractivity contribution >= 4 is 12.0 Å². The lowest BCUT2D eigenvalue weighted by Gasteiger charge is -2.42. The largest absolute Gasteiger partial charge is 0.545 e. The van der Waals surface area contributed by atoms with Crippen LogP contribution in [-0.2, 0) is 22.0 Å². The summed E-state index contributed by atoms with van der Waals surface area (Å²) in [6.07, 6.45) is 7.25. The maximum absolute atomic E-state index is 10.5. The van der Waals surface area contributed by atoms with Gasteiger partial charge in [0.15, 0.2) is 0 Å². The number of hydrogen-bond donors (Lipinski definition) is 0. The van der Waals surface area contributed by atoms with Crippen LogP contribution in [0.25, 0.3) is 6.08 Å². The molecular formula is C22H25O3-. The predicted octanol–water partition coefficient (Wildman–Crippen LogP) is 3.98. The second kappa shape index (κ2) is 6.21. The average molecular weight is 337 g/mol. The minimum absolute atomic E-state index is 0.194. The van der Waals surface area contributed by atoms with Crippen molar-refractivity contribution in [3.8, 4) is 0 Å². The van der Waals surface area contributed by atoms with E-state index in [2.05, 4.69) is 45.9 Å². The van der Waals surface area contributed by atoms with Crippen LogP contribution in [0.4, 0.5) is 0 Å². The molecule has 25 heavy (non-hydrogen) atoms. The molecular weight excluding hydrogens is 312 g/mol. The van der Waals surface area contributed by atoms with Crippen molar-refractivity contribution in [2.45, 2.75) is 57.8 Å². The summed E-state index contributed by atoms with van der Waals surface area (Å²) in [6, 6.07) is 8.68. The SMILES string of the molecule is CC1(C)CCC(C)(C)c2cc(Cc3coc(/C=C/C(=O)[O-])c3)ccc21. The molecule has 0 radical (unpaired) electrons. The van der Waals surface area contributed by atoms with Crippen molar-refractivity contribution in [1.82, 2.24) is 0 Å². The van der Waals surface area contributed by atoms with E-state index in [0.29, 0.717) is 5.76 Å². The highest BCUT2D eigenvalue weighted by Crippen LogP contribution is 2.46. The van der Waals surface area contributed by atoms with Crippen LogP contribution in [0.5, 0.6) is 0 Å². The van der Waals surface area contributed by atoms with E-state index in [-0.39, 0.29) is 10.8 Å². The summed E-state index contributed by atoms with van der Waals surface area (Å²) in [5, 5.41) is 10.5. The van der Waals surface area contributed by atoms with E-state index in [4.69, 9.17) is 4.42 Å². The molecule has 0 spiro atoms. The molecule has 0 saturated heterocycles. The third-order valence-electron chi connectivity index (χ3n) is 5.38. The lowest BCUT2D eigenvalue weighted by molar-refractivity contribution is -0.297. The number of aliphatic carboxylic acids is 1. The molecule has 1 aliphatic rings. The summed E-state index contributed by atoms with van der Waals surface area (Å²) in [6.45, 7) is 9.30. The number of carboxylic acids is 1. The van der Waals surface area contributed by atoms with Crippen molar-refractivity contribution in [2.75, 3.05) is 0 Å². The molecule has 0 aliphatic heterocycles. The molecule has 0 atom stereocenters. The Morgan fingerprint density at radius 3 is 2.44 bits per heavy atom. The molecule has 3 heteroatoms. The van der Waals surface area contributed by atoms with E-state index in [1.165, 1.54) is 35.6 Å². The molecule has 1 aliphatic carbocycles. The Balaban J connectivity index is 1.87. The molecule has 0 saturated carbocycles. The average Bonchev–Trinajstić information content (AvgIpc) is 2.97. The molecule has 0 unspecified atom stereocenters. The zero-order chi connectivity index (χ0) is 18.2. The fourth-order valence-electron chi connectivity index (χ4n) is 3.71. The zero-order valence-electron chi connectivity index (χ0n) is 15.4. The van der Waals surface area contributed by atoms with Crippen LogP contribution in [0.2, 0.25) is 0 Å². The molecule has 0 bridgehead atoms. The fraction of sp³-hybridized carbons (Fsp3) is 0.409. The maximum Gasteiger partial charge on any atom is 0.126 e. The van der Waals surface area contributed by atoms with Gasteiger partial charge in [-0.15, -0.1) is 0 Å². The fourth-order valence-corrected chi connectivity index (χ4v) is 3.71. The first-order chi connectivity index (χ1) is 11.7. The first-order valence-corrected chi connectivity index (χ1v) is 8.78. The van der Waals surface area contributed by atoms with Crippen LogP contribution in [0, 0.1) is 0 Å². The lowest BCUT2D eigenvalue weighted by Crippen LogP contribution is -2.33. The quantitative estimate of drug-likeness (QED) is 0.793. The number of fused-ring (bicyclic) bond motifs is 1. The first-order valence-electron chi connectivity index (χ1n) is 8.78. The van der Waals surface area contributed by atoms with Gasteiger partial charge in [-0.25, -0.2) is 0 Å². The molecule has 132 valence electrons. The van der Waals surface area contributed by atoms with Crippen LogP contribution in [-0.4, -0.2) is 5.97 Å².